The average molecular weight is 233 g/mol. The summed E-state index contributed by atoms with van der Waals surface area (Å²) in [6.45, 7) is 2.22. The Morgan fingerprint density at radius 3 is 2.44 bits per heavy atom. The van der Waals surface area contributed by atoms with Crippen molar-refractivity contribution in [3.63, 3.8) is 0 Å². The molecule has 0 saturated heterocycles. The van der Waals surface area contributed by atoms with E-state index in [0.717, 1.165) is 13.1 Å². The van der Waals surface area contributed by atoms with Crippen LogP contribution in [0.25, 0.3) is 0 Å². The van der Waals surface area contributed by atoms with Crippen LogP contribution in [-0.4, -0.2) is 23.0 Å². The number of ether oxygens (including phenoxy) is 1. The maximum Gasteiger partial charge on any atom is 0.425 e. The Balaban J connectivity index is 2.73. The van der Waals surface area contributed by atoms with Gasteiger partial charge in [0.05, 0.1) is 6.20 Å². The molecule has 3 nitrogen and oxygen atoms in total. The zero-order valence-electron chi connectivity index (χ0n) is 8.71. The molecule has 0 aromatic carbocycles. The molecule has 88 valence electrons. The number of pyridine rings is 1. The van der Waals surface area contributed by atoms with E-state index in [1.165, 1.54) is 19.1 Å². The maximum atomic E-state index is 12.1. The number of Topliss-reactive ketones (excluding diaryl/α,β-unsaturated/α-hetero) is 1. The van der Waals surface area contributed by atoms with E-state index in [0.29, 0.717) is 0 Å². The van der Waals surface area contributed by atoms with E-state index in [1.807, 2.05) is 0 Å². The number of hydrogen-bond donors (Lipinski definition) is 0. The molecule has 0 N–H and O–H groups in total. The fraction of sp³-hybridized carbons (Fsp3) is 0.400. The first kappa shape index (κ1) is 12.5. The van der Waals surface area contributed by atoms with Crippen molar-refractivity contribution in [1.29, 1.82) is 0 Å². The minimum atomic E-state index is -4.42. The third-order valence-electron chi connectivity index (χ3n) is 1.87. The molecule has 16 heavy (non-hydrogen) atoms. The van der Waals surface area contributed by atoms with Crippen molar-refractivity contribution < 1.29 is 22.7 Å². The minimum Gasteiger partial charge on any atom is -0.480 e. The van der Waals surface area contributed by atoms with E-state index in [1.54, 1.807) is 0 Å². The zero-order chi connectivity index (χ0) is 12.3. The number of carbonyl (C=O) groups is 1. The van der Waals surface area contributed by atoms with Crippen LogP contribution in [0.3, 0.4) is 0 Å². The van der Waals surface area contributed by atoms with Crippen molar-refractivity contribution in [1.82, 2.24) is 4.98 Å². The summed E-state index contributed by atoms with van der Waals surface area (Å²) in [6, 6.07) is 2.60. The molecule has 0 amide bonds. The Bertz CT molecular complexity index is 373. The fourth-order valence-corrected chi connectivity index (χ4v) is 0.929. The van der Waals surface area contributed by atoms with Crippen LogP contribution in [0.4, 0.5) is 13.2 Å². The first-order valence-electron chi connectivity index (χ1n) is 4.51. The third-order valence-corrected chi connectivity index (χ3v) is 1.87. The first-order valence-corrected chi connectivity index (χ1v) is 4.51. The molecule has 1 atom stereocenters. The molecule has 1 unspecified atom stereocenters. The van der Waals surface area contributed by atoms with Crippen LogP contribution in [0.15, 0.2) is 18.3 Å². The summed E-state index contributed by atoms with van der Waals surface area (Å²) in [5, 5.41) is 0. The topological polar surface area (TPSA) is 39.2 Å². The highest BCUT2D eigenvalue weighted by molar-refractivity contribution is 5.92. The quantitative estimate of drug-likeness (QED) is 0.753. The first-order chi connectivity index (χ1) is 7.30. The van der Waals surface area contributed by atoms with Gasteiger partial charge in [-0.3, -0.25) is 4.79 Å². The molecular formula is C10H10F3NO2. The van der Waals surface area contributed by atoms with Crippen molar-refractivity contribution in [3.05, 3.63) is 24.0 Å². The highest BCUT2D eigenvalue weighted by Gasteiger charge is 2.38. The molecule has 0 spiro atoms. The van der Waals surface area contributed by atoms with E-state index in [9.17, 15) is 18.0 Å². The van der Waals surface area contributed by atoms with E-state index in [4.69, 9.17) is 0 Å². The Hall–Kier alpha value is -1.59. The number of rotatable bonds is 3. The molecule has 1 rings (SSSR count). The Morgan fingerprint density at radius 1 is 1.44 bits per heavy atom. The van der Waals surface area contributed by atoms with Crippen molar-refractivity contribution in [3.8, 4) is 5.75 Å². The Kier molecular flexibility index (Phi) is 3.51. The standard InChI is InChI=1S/C10H10F3NO2/c1-6(15)9-4-3-8(5-14-9)16-7(2)10(11,12)13/h3-5,7H,1-2H3. The number of halogens is 3. The Labute approximate surface area is 90.2 Å². The maximum absolute atomic E-state index is 12.1. The number of carbonyl (C=O) groups excluding carboxylic acids is 1. The number of alkyl halides is 3. The van der Waals surface area contributed by atoms with Crippen LogP contribution in [0, 0.1) is 0 Å². The lowest BCUT2D eigenvalue weighted by atomic mass is 10.3. The fourth-order valence-electron chi connectivity index (χ4n) is 0.929. The number of aromatic nitrogens is 1. The number of ketones is 1. The molecule has 0 aliphatic carbocycles. The van der Waals surface area contributed by atoms with Crippen LogP contribution < -0.4 is 4.74 Å². The smallest absolute Gasteiger partial charge is 0.425 e. The largest absolute Gasteiger partial charge is 0.480 e. The van der Waals surface area contributed by atoms with Gasteiger partial charge in [-0.25, -0.2) is 4.98 Å². The second-order valence-electron chi connectivity index (χ2n) is 3.24. The minimum absolute atomic E-state index is 0.0187. The highest BCUT2D eigenvalue weighted by atomic mass is 19.4. The van der Waals surface area contributed by atoms with Gasteiger partial charge in [0.2, 0.25) is 0 Å². The van der Waals surface area contributed by atoms with Crippen molar-refractivity contribution in [2.24, 2.45) is 0 Å². The van der Waals surface area contributed by atoms with Gasteiger partial charge < -0.3 is 4.74 Å². The predicted molar refractivity (Wildman–Crippen MR) is 50.4 cm³/mol. The van der Waals surface area contributed by atoms with Gasteiger partial charge in [-0.05, 0) is 19.1 Å². The lowest BCUT2D eigenvalue weighted by Gasteiger charge is -2.17. The van der Waals surface area contributed by atoms with E-state index in [2.05, 4.69) is 9.72 Å². The van der Waals surface area contributed by atoms with Gasteiger partial charge in [-0.15, -0.1) is 0 Å². The van der Waals surface area contributed by atoms with E-state index < -0.39 is 12.3 Å². The summed E-state index contributed by atoms with van der Waals surface area (Å²) >= 11 is 0. The van der Waals surface area contributed by atoms with Gasteiger partial charge in [0.1, 0.15) is 11.4 Å². The van der Waals surface area contributed by atoms with E-state index in [-0.39, 0.29) is 17.2 Å². The van der Waals surface area contributed by atoms with Gasteiger partial charge in [0, 0.05) is 6.92 Å². The summed E-state index contributed by atoms with van der Waals surface area (Å²) in [5.41, 5.74) is 0.187. The van der Waals surface area contributed by atoms with Crippen LogP contribution >= 0.6 is 0 Å². The van der Waals surface area contributed by atoms with Gasteiger partial charge >= 0.3 is 6.18 Å². The molecule has 0 aliphatic rings. The van der Waals surface area contributed by atoms with Gasteiger partial charge in [0.15, 0.2) is 11.9 Å². The summed E-state index contributed by atoms with van der Waals surface area (Å²) in [4.78, 5) is 14.5. The monoisotopic (exact) mass is 233 g/mol. The molecule has 1 heterocycles. The van der Waals surface area contributed by atoms with Crippen molar-refractivity contribution in [2.45, 2.75) is 26.1 Å². The lowest BCUT2D eigenvalue weighted by molar-refractivity contribution is -0.189. The summed E-state index contributed by atoms with van der Waals surface area (Å²) < 4.78 is 41.0. The molecule has 1 aromatic heterocycles. The van der Waals surface area contributed by atoms with Crippen molar-refractivity contribution in [2.75, 3.05) is 0 Å². The SMILES string of the molecule is CC(=O)c1ccc(OC(C)C(F)(F)F)cn1. The van der Waals surface area contributed by atoms with Crippen LogP contribution in [0.2, 0.25) is 0 Å². The van der Waals surface area contributed by atoms with Crippen LogP contribution in [0.1, 0.15) is 24.3 Å². The molecule has 0 radical (unpaired) electrons. The zero-order valence-corrected chi connectivity index (χ0v) is 8.71. The Morgan fingerprint density at radius 2 is 2.06 bits per heavy atom. The molecule has 0 bridgehead atoms. The van der Waals surface area contributed by atoms with Crippen molar-refractivity contribution >= 4 is 5.78 Å². The average Bonchev–Trinajstić information content (AvgIpc) is 2.17. The number of nitrogens with zero attached hydrogens (tertiary/aromatic N) is 1. The van der Waals surface area contributed by atoms with Crippen LogP contribution in [0.5, 0.6) is 5.75 Å². The predicted octanol–water partition coefficient (Wildman–Crippen LogP) is 2.61. The summed E-state index contributed by atoms with van der Waals surface area (Å²) in [6.07, 6.45) is -5.23. The molecule has 1 aromatic rings. The number of hydrogen-bond acceptors (Lipinski definition) is 3. The summed E-state index contributed by atoms with van der Waals surface area (Å²) in [5.74, 6) is -0.273. The normalized spacial score (nSPS) is 13.3. The van der Waals surface area contributed by atoms with Gasteiger partial charge in [-0.2, -0.15) is 13.2 Å². The molecule has 0 saturated carbocycles. The van der Waals surface area contributed by atoms with Gasteiger partial charge in [0.25, 0.3) is 0 Å². The second-order valence-corrected chi connectivity index (χ2v) is 3.24. The highest BCUT2D eigenvalue weighted by Crippen LogP contribution is 2.24. The second kappa shape index (κ2) is 4.51. The molecule has 0 fully saturated rings. The molecular weight excluding hydrogens is 223 g/mol. The summed E-state index contributed by atoms with van der Waals surface area (Å²) in [7, 11) is 0. The van der Waals surface area contributed by atoms with Crippen LogP contribution in [-0.2, 0) is 0 Å². The lowest BCUT2D eigenvalue weighted by Crippen LogP contribution is -2.31. The van der Waals surface area contributed by atoms with Gasteiger partial charge in [-0.1, -0.05) is 0 Å². The third kappa shape index (κ3) is 3.22. The molecule has 6 heteroatoms. The van der Waals surface area contributed by atoms with E-state index >= 15 is 0 Å². The molecule has 0 aliphatic heterocycles.